The van der Waals surface area contributed by atoms with Crippen molar-refractivity contribution in [3.05, 3.63) is 30.1 Å². The Morgan fingerprint density at radius 3 is 2.53 bits per heavy atom. The van der Waals surface area contributed by atoms with E-state index in [-0.39, 0.29) is 17.9 Å². The molecule has 1 aromatic rings. The van der Waals surface area contributed by atoms with E-state index in [1.807, 2.05) is 52.8 Å². The van der Waals surface area contributed by atoms with Crippen LogP contribution in [0.3, 0.4) is 0 Å². The lowest BCUT2D eigenvalue weighted by atomic mass is 10.0. The summed E-state index contributed by atoms with van der Waals surface area (Å²) in [4.78, 5) is 16.3. The summed E-state index contributed by atoms with van der Waals surface area (Å²) in [6.45, 7) is 10.2. The maximum absolute atomic E-state index is 12.1. The molecule has 1 rings (SSSR count). The van der Waals surface area contributed by atoms with Gasteiger partial charge in [-0.05, 0) is 38.8 Å². The second-order valence-corrected chi connectivity index (χ2v) is 5.96. The van der Waals surface area contributed by atoms with Crippen molar-refractivity contribution < 1.29 is 9.53 Å². The molecule has 1 atom stereocenters. The third-order valence-electron chi connectivity index (χ3n) is 2.56. The van der Waals surface area contributed by atoms with Gasteiger partial charge in [0.2, 0.25) is 0 Å². The number of aromatic nitrogens is 1. The Hall–Kier alpha value is -1.42. The van der Waals surface area contributed by atoms with Gasteiger partial charge in [0.1, 0.15) is 11.6 Å². The Morgan fingerprint density at radius 2 is 2.05 bits per heavy atom. The molecule has 0 aliphatic heterocycles. The van der Waals surface area contributed by atoms with Gasteiger partial charge in [0.05, 0.1) is 5.69 Å². The third kappa shape index (κ3) is 5.83. The predicted octanol–water partition coefficient (Wildman–Crippen LogP) is 2.54. The molecule has 1 heterocycles. The van der Waals surface area contributed by atoms with Crippen LogP contribution in [0.2, 0.25) is 0 Å². The highest BCUT2D eigenvalue weighted by atomic mass is 16.6. The van der Waals surface area contributed by atoms with Gasteiger partial charge >= 0.3 is 5.97 Å². The number of hydrogen-bond donors (Lipinski definition) is 1. The molecule has 0 amide bonds. The van der Waals surface area contributed by atoms with Crippen LogP contribution in [-0.4, -0.2) is 22.6 Å². The highest BCUT2D eigenvalue weighted by Gasteiger charge is 2.27. The van der Waals surface area contributed by atoms with Gasteiger partial charge in [-0.25, -0.2) is 0 Å². The first-order valence-corrected chi connectivity index (χ1v) is 6.66. The van der Waals surface area contributed by atoms with Gasteiger partial charge in [-0.2, -0.15) is 0 Å². The fraction of sp³-hybridized carbons (Fsp3) is 0.600. The van der Waals surface area contributed by atoms with E-state index in [2.05, 4.69) is 10.3 Å². The van der Waals surface area contributed by atoms with Crippen LogP contribution in [0.25, 0.3) is 0 Å². The SMILES string of the molecule is CC(C)C(NCc1ccccn1)C(=O)OC(C)(C)C. The number of nitrogens with one attached hydrogen (secondary N) is 1. The molecule has 0 saturated heterocycles. The molecule has 4 nitrogen and oxygen atoms in total. The van der Waals surface area contributed by atoms with Gasteiger partial charge < -0.3 is 4.74 Å². The Labute approximate surface area is 115 Å². The summed E-state index contributed by atoms with van der Waals surface area (Å²) in [7, 11) is 0. The van der Waals surface area contributed by atoms with Crippen molar-refractivity contribution in [2.24, 2.45) is 5.92 Å². The van der Waals surface area contributed by atoms with Crippen LogP contribution in [0.15, 0.2) is 24.4 Å². The van der Waals surface area contributed by atoms with E-state index in [0.717, 1.165) is 5.69 Å². The summed E-state index contributed by atoms with van der Waals surface area (Å²) < 4.78 is 5.43. The molecule has 106 valence electrons. The smallest absolute Gasteiger partial charge is 0.323 e. The van der Waals surface area contributed by atoms with Crippen molar-refractivity contribution in [2.75, 3.05) is 0 Å². The first-order chi connectivity index (χ1) is 8.79. The van der Waals surface area contributed by atoms with Gasteiger partial charge in [0, 0.05) is 12.7 Å². The van der Waals surface area contributed by atoms with Crippen molar-refractivity contribution >= 4 is 5.97 Å². The lowest BCUT2D eigenvalue weighted by molar-refractivity contribution is -0.158. The molecule has 19 heavy (non-hydrogen) atoms. The lowest BCUT2D eigenvalue weighted by Crippen LogP contribution is -2.44. The van der Waals surface area contributed by atoms with E-state index < -0.39 is 5.60 Å². The van der Waals surface area contributed by atoms with Crippen molar-refractivity contribution in [3.63, 3.8) is 0 Å². The molecule has 0 aliphatic rings. The maximum Gasteiger partial charge on any atom is 0.323 e. The fourth-order valence-electron chi connectivity index (χ4n) is 1.67. The molecule has 0 saturated carbocycles. The minimum atomic E-state index is -0.461. The second kappa shape index (κ2) is 6.66. The van der Waals surface area contributed by atoms with E-state index in [4.69, 9.17) is 4.74 Å². The fourth-order valence-corrected chi connectivity index (χ4v) is 1.67. The van der Waals surface area contributed by atoms with Crippen molar-refractivity contribution in [2.45, 2.75) is 52.8 Å². The Morgan fingerprint density at radius 1 is 1.37 bits per heavy atom. The Bertz CT molecular complexity index is 396. The van der Waals surface area contributed by atoms with E-state index in [1.165, 1.54) is 0 Å². The Balaban J connectivity index is 2.61. The van der Waals surface area contributed by atoms with E-state index in [0.29, 0.717) is 6.54 Å². The minimum Gasteiger partial charge on any atom is -0.459 e. The van der Waals surface area contributed by atoms with Crippen LogP contribution in [0.4, 0.5) is 0 Å². The summed E-state index contributed by atoms with van der Waals surface area (Å²) in [5.41, 5.74) is 0.452. The van der Waals surface area contributed by atoms with Gasteiger partial charge in [-0.1, -0.05) is 19.9 Å². The van der Waals surface area contributed by atoms with E-state index >= 15 is 0 Å². The lowest BCUT2D eigenvalue weighted by Gasteiger charge is -2.26. The molecule has 0 radical (unpaired) electrons. The number of nitrogens with zero attached hydrogens (tertiary/aromatic N) is 1. The van der Waals surface area contributed by atoms with Crippen LogP contribution in [0.5, 0.6) is 0 Å². The van der Waals surface area contributed by atoms with E-state index in [9.17, 15) is 4.79 Å². The highest BCUT2D eigenvalue weighted by Crippen LogP contribution is 2.12. The summed E-state index contributed by atoms with van der Waals surface area (Å²) in [6, 6.07) is 5.42. The van der Waals surface area contributed by atoms with Crippen LogP contribution in [0, 0.1) is 5.92 Å². The molecule has 0 fully saturated rings. The van der Waals surface area contributed by atoms with Crippen LogP contribution < -0.4 is 5.32 Å². The van der Waals surface area contributed by atoms with Crippen molar-refractivity contribution in [1.29, 1.82) is 0 Å². The molecule has 1 N–H and O–H groups in total. The number of carbonyl (C=O) groups excluding carboxylic acids is 1. The van der Waals surface area contributed by atoms with E-state index in [1.54, 1.807) is 6.20 Å². The molecular formula is C15H24N2O2. The molecule has 4 heteroatoms. The quantitative estimate of drug-likeness (QED) is 0.830. The standard InChI is InChI=1S/C15H24N2O2/c1-11(2)13(14(18)19-15(3,4)5)17-10-12-8-6-7-9-16-12/h6-9,11,13,17H,10H2,1-5H3. The maximum atomic E-state index is 12.1. The zero-order chi connectivity index (χ0) is 14.5. The molecule has 0 spiro atoms. The summed E-state index contributed by atoms with van der Waals surface area (Å²) in [5, 5.41) is 3.22. The minimum absolute atomic E-state index is 0.165. The molecule has 1 aromatic heterocycles. The highest BCUT2D eigenvalue weighted by molar-refractivity contribution is 5.76. The van der Waals surface area contributed by atoms with Crippen LogP contribution >= 0.6 is 0 Å². The zero-order valence-corrected chi connectivity index (χ0v) is 12.4. The topological polar surface area (TPSA) is 51.2 Å². The van der Waals surface area contributed by atoms with Gasteiger partial charge in [-0.3, -0.25) is 15.1 Å². The summed E-state index contributed by atoms with van der Waals surface area (Å²) >= 11 is 0. The number of ether oxygens (including phenoxy) is 1. The van der Waals surface area contributed by atoms with Gasteiger partial charge in [0.25, 0.3) is 0 Å². The number of hydrogen-bond acceptors (Lipinski definition) is 4. The first-order valence-electron chi connectivity index (χ1n) is 6.66. The molecule has 0 aromatic carbocycles. The first kappa shape index (κ1) is 15.6. The largest absolute Gasteiger partial charge is 0.459 e. The van der Waals surface area contributed by atoms with Gasteiger partial charge in [0.15, 0.2) is 0 Å². The number of pyridine rings is 1. The summed E-state index contributed by atoms with van der Waals surface area (Å²) in [5.74, 6) is -0.0445. The molecule has 0 aliphatic carbocycles. The molecular weight excluding hydrogens is 240 g/mol. The average Bonchev–Trinajstić information content (AvgIpc) is 2.27. The number of esters is 1. The van der Waals surface area contributed by atoms with Gasteiger partial charge in [-0.15, -0.1) is 0 Å². The zero-order valence-electron chi connectivity index (χ0n) is 12.4. The normalized spacial score (nSPS) is 13.4. The number of rotatable bonds is 5. The summed E-state index contributed by atoms with van der Waals surface area (Å²) in [6.07, 6.45) is 1.74. The predicted molar refractivity (Wildman–Crippen MR) is 75.5 cm³/mol. The third-order valence-corrected chi connectivity index (χ3v) is 2.56. The van der Waals surface area contributed by atoms with Crippen molar-refractivity contribution in [1.82, 2.24) is 10.3 Å². The monoisotopic (exact) mass is 264 g/mol. The average molecular weight is 264 g/mol. The second-order valence-electron chi connectivity index (χ2n) is 5.96. The molecule has 0 bridgehead atoms. The molecule has 1 unspecified atom stereocenters. The Kier molecular flexibility index (Phi) is 5.48. The van der Waals surface area contributed by atoms with Crippen LogP contribution in [0.1, 0.15) is 40.3 Å². The van der Waals surface area contributed by atoms with Crippen LogP contribution in [-0.2, 0) is 16.1 Å². The number of carbonyl (C=O) groups is 1. The van der Waals surface area contributed by atoms with Crippen molar-refractivity contribution in [3.8, 4) is 0 Å².